The molecule has 5 heteroatoms. The second kappa shape index (κ2) is 10.1. The van der Waals surface area contributed by atoms with E-state index in [1.165, 1.54) is 12.3 Å². The third-order valence-electron chi connectivity index (χ3n) is 6.99. The average Bonchev–Trinajstić information content (AvgIpc) is 3.15. The molecule has 0 saturated carbocycles. The van der Waals surface area contributed by atoms with Crippen LogP contribution in [0, 0.1) is 11.8 Å². The van der Waals surface area contributed by atoms with Crippen LogP contribution >= 0.6 is 0 Å². The molecular formula is C26H36O4Si. The molecule has 1 aliphatic heterocycles. The number of carbonyl (C=O) groups is 1. The van der Waals surface area contributed by atoms with Gasteiger partial charge in [0.2, 0.25) is 0 Å². The minimum absolute atomic E-state index is 0.0682. The number of ether oxygens (including phenoxy) is 3. The molecule has 1 aliphatic rings. The molecule has 1 heterocycles. The summed E-state index contributed by atoms with van der Waals surface area (Å²) in [6.07, 6.45) is -0.327. The molecule has 0 spiro atoms. The lowest BCUT2D eigenvalue weighted by Crippen LogP contribution is -2.52. The molecule has 168 valence electrons. The Balaban J connectivity index is 1.85. The number of esters is 1. The molecule has 1 fully saturated rings. The molecule has 0 radical (unpaired) electrons. The highest BCUT2D eigenvalue weighted by Gasteiger charge is 2.54. The van der Waals surface area contributed by atoms with Crippen molar-refractivity contribution in [2.75, 3.05) is 7.11 Å². The van der Waals surface area contributed by atoms with Crippen molar-refractivity contribution in [3.8, 4) is 0 Å². The van der Waals surface area contributed by atoms with Crippen LogP contribution in [-0.2, 0) is 25.6 Å². The van der Waals surface area contributed by atoms with Crippen molar-refractivity contribution in [2.45, 2.75) is 64.3 Å². The zero-order valence-electron chi connectivity index (χ0n) is 19.6. The van der Waals surface area contributed by atoms with Crippen molar-refractivity contribution in [2.24, 2.45) is 11.8 Å². The lowest BCUT2D eigenvalue weighted by molar-refractivity contribution is -0.152. The fraction of sp³-hybridized carbons (Fsp3) is 0.500. The van der Waals surface area contributed by atoms with Gasteiger partial charge in [0.15, 0.2) is 0 Å². The Kier molecular flexibility index (Phi) is 7.73. The van der Waals surface area contributed by atoms with Gasteiger partial charge < -0.3 is 14.2 Å². The van der Waals surface area contributed by atoms with Gasteiger partial charge in [0.05, 0.1) is 46.0 Å². The topological polar surface area (TPSA) is 44.8 Å². The smallest absolute Gasteiger partial charge is 0.311 e. The first-order chi connectivity index (χ1) is 14.8. The van der Waals surface area contributed by atoms with Crippen molar-refractivity contribution in [3.05, 3.63) is 66.2 Å². The molecule has 4 nitrogen and oxygen atoms in total. The van der Waals surface area contributed by atoms with E-state index in [-0.39, 0.29) is 41.7 Å². The molecule has 0 bridgehead atoms. The van der Waals surface area contributed by atoms with E-state index in [0.29, 0.717) is 6.61 Å². The molecule has 0 unspecified atom stereocenters. The van der Waals surface area contributed by atoms with Crippen LogP contribution in [0.5, 0.6) is 0 Å². The molecule has 2 aromatic carbocycles. The number of benzene rings is 2. The monoisotopic (exact) mass is 440 g/mol. The summed E-state index contributed by atoms with van der Waals surface area (Å²) >= 11 is 0. The molecule has 0 N–H and O–H groups in total. The maximum absolute atomic E-state index is 12.5. The van der Waals surface area contributed by atoms with Crippen molar-refractivity contribution >= 4 is 19.2 Å². The van der Waals surface area contributed by atoms with Gasteiger partial charge in [0.25, 0.3) is 0 Å². The SMILES string of the molecule is COC(=O)[C@@H](C)[C@@H]1O[C@H]([C@H](C)OCc2ccccc2)[C@H](C)[C@H]1[Si](C)(C)c1ccccc1. The van der Waals surface area contributed by atoms with Gasteiger partial charge in [-0.2, -0.15) is 0 Å². The molecule has 6 atom stereocenters. The van der Waals surface area contributed by atoms with Crippen LogP contribution in [0.2, 0.25) is 18.6 Å². The molecule has 0 aliphatic carbocycles. The summed E-state index contributed by atoms with van der Waals surface area (Å²) in [5.41, 5.74) is 1.42. The summed E-state index contributed by atoms with van der Waals surface area (Å²) in [6, 6.07) is 20.9. The minimum Gasteiger partial charge on any atom is -0.469 e. The Labute approximate surface area is 187 Å². The normalized spacial score (nSPS) is 25.7. The first kappa shape index (κ1) is 23.7. The summed E-state index contributed by atoms with van der Waals surface area (Å²) in [6.45, 7) is 11.6. The number of rotatable bonds is 8. The maximum Gasteiger partial charge on any atom is 0.311 e. The van der Waals surface area contributed by atoms with Crippen LogP contribution in [-0.4, -0.2) is 39.5 Å². The molecule has 1 saturated heterocycles. The molecule has 2 aromatic rings. The van der Waals surface area contributed by atoms with Gasteiger partial charge in [-0.05, 0) is 30.9 Å². The highest BCUT2D eigenvalue weighted by Crippen LogP contribution is 2.48. The second-order valence-corrected chi connectivity index (χ2v) is 14.0. The molecule has 31 heavy (non-hydrogen) atoms. The minimum atomic E-state index is -1.96. The van der Waals surface area contributed by atoms with Crippen molar-refractivity contribution < 1.29 is 19.0 Å². The van der Waals surface area contributed by atoms with Gasteiger partial charge >= 0.3 is 5.97 Å². The van der Waals surface area contributed by atoms with Gasteiger partial charge in [-0.3, -0.25) is 4.79 Å². The Morgan fingerprint density at radius 1 is 1.00 bits per heavy atom. The quantitative estimate of drug-likeness (QED) is 0.437. The predicted molar refractivity (Wildman–Crippen MR) is 127 cm³/mol. The highest BCUT2D eigenvalue weighted by atomic mass is 28.3. The van der Waals surface area contributed by atoms with E-state index in [9.17, 15) is 4.79 Å². The van der Waals surface area contributed by atoms with E-state index in [4.69, 9.17) is 14.2 Å². The zero-order valence-corrected chi connectivity index (χ0v) is 20.6. The third-order valence-corrected chi connectivity index (χ3v) is 11.3. The molecule has 3 rings (SSSR count). The van der Waals surface area contributed by atoms with Crippen LogP contribution in [0.4, 0.5) is 0 Å². The van der Waals surface area contributed by atoms with E-state index in [2.05, 4.69) is 69.4 Å². The summed E-state index contributed by atoms with van der Waals surface area (Å²) in [5.74, 6) is -0.261. The Morgan fingerprint density at radius 2 is 1.58 bits per heavy atom. The van der Waals surface area contributed by atoms with Crippen molar-refractivity contribution in [1.82, 2.24) is 0 Å². The maximum atomic E-state index is 12.5. The zero-order chi connectivity index (χ0) is 22.6. The van der Waals surface area contributed by atoms with Crippen LogP contribution in [0.1, 0.15) is 26.3 Å². The third kappa shape index (κ3) is 5.11. The molecule has 0 aromatic heterocycles. The highest BCUT2D eigenvalue weighted by molar-refractivity contribution is 6.91. The standard InChI is InChI=1S/C26H36O4Si/c1-18-23(20(3)29-17-21-13-9-7-10-14-21)30-24(19(2)26(27)28-4)25(18)31(5,6)22-15-11-8-12-16-22/h7-16,18-20,23-25H,17H2,1-6H3/t18-,19-,20-,23-,24-,25+/m0/s1. The van der Waals surface area contributed by atoms with Gasteiger partial charge in [-0.25, -0.2) is 0 Å². The van der Waals surface area contributed by atoms with Crippen molar-refractivity contribution in [1.29, 1.82) is 0 Å². The van der Waals surface area contributed by atoms with Gasteiger partial charge in [0.1, 0.15) is 0 Å². The van der Waals surface area contributed by atoms with E-state index < -0.39 is 8.07 Å². The number of methoxy groups -OCH3 is 1. The second-order valence-electron chi connectivity index (χ2n) is 9.35. The number of hydrogen-bond donors (Lipinski definition) is 0. The van der Waals surface area contributed by atoms with E-state index in [1.54, 1.807) is 0 Å². The number of hydrogen-bond acceptors (Lipinski definition) is 4. The summed E-state index contributed by atoms with van der Waals surface area (Å²) in [5, 5.41) is 1.39. The Morgan fingerprint density at radius 3 is 2.16 bits per heavy atom. The first-order valence-corrected chi connectivity index (χ1v) is 14.3. The number of carbonyl (C=O) groups excluding carboxylic acids is 1. The molecular weight excluding hydrogens is 404 g/mol. The summed E-state index contributed by atoms with van der Waals surface area (Å²) in [4.78, 5) is 12.5. The van der Waals surface area contributed by atoms with Crippen LogP contribution in [0.15, 0.2) is 60.7 Å². The largest absolute Gasteiger partial charge is 0.469 e. The van der Waals surface area contributed by atoms with Crippen LogP contribution in [0.25, 0.3) is 0 Å². The predicted octanol–water partition coefficient (Wildman–Crippen LogP) is 4.79. The fourth-order valence-corrected chi connectivity index (χ4v) is 9.33. The lowest BCUT2D eigenvalue weighted by Gasteiger charge is -2.37. The Hall–Kier alpha value is -1.95. The van der Waals surface area contributed by atoms with Crippen LogP contribution in [0.3, 0.4) is 0 Å². The van der Waals surface area contributed by atoms with E-state index in [0.717, 1.165) is 5.56 Å². The Bertz CT molecular complexity index is 839. The lowest BCUT2D eigenvalue weighted by atomic mass is 9.93. The van der Waals surface area contributed by atoms with Gasteiger partial charge in [-0.1, -0.05) is 85.9 Å². The van der Waals surface area contributed by atoms with E-state index >= 15 is 0 Å². The van der Waals surface area contributed by atoms with Crippen molar-refractivity contribution in [3.63, 3.8) is 0 Å². The average molecular weight is 441 g/mol. The van der Waals surface area contributed by atoms with Gasteiger partial charge in [0, 0.05) is 0 Å². The fourth-order valence-electron chi connectivity index (χ4n) is 5.21. The van der Waals surface area contributed by atoms with Gasteiger partial charge in [-0.15, -0.1) is 0 Å². The van der Waals surface area contributed by atoms with E-state index in [1.807, 2.05) is 25.1 Å². The van der Waals surface area contributed by atoms with Crippen LogP contribution < -0.4 is 5.19 Å². The summed E-state index contributed by atoms with van der Waals surface area (Å²) in [7, 11) is -0.503. The molecule has 0 amide bonds. The first-order valence-electron chi connectivity index (χ1n) is 11.2. The summed E-state index contributed by atoms with van der Waals surface area (Å²) < 4.78 is 18.0.